The molecule has 0 radical (unpaired) electrons. The summed E-state index contributed by atoms with van der Waals surface area (Å²) in [5.41, 5.74) is 0. The van der Waals surface area contributed by atoms with E-state index in [4.69, 9.17) is 10.0 Å². The van der Waals surface area contributed by atoms with Gasteiger partial charge in [0.05, 0.1) is 0 Å². The van der Waals surface area contributed by atoms with Crippen molar-refractivity contribution in [2.75, 3.05) is 0 Å². The maximum absolute atomic E-state index is 8.74. The van der Waals surface area contributed by atoms with Crippen LogP contribution in [0.5, 0.6) is 0 Å². The quantitative estimate of drug-likeness (QED) is 0.380. The van der Waals surface area contributed by atoms with E-state index in [-0.39, 0.29) is 35.3 Å². The van der Waals surface area contributed by atoms with Crippen molar-refractivity contribution in [1.29, 1.82) is 0 Å². The molecule has 2 rings (SSSR count). The number of hydrogen-bond donors (Lipinski definition) is 2. The molecule has 2 saturated heterocycles. The molecule has 10 nitrogen and oxygen atoms in total. The summed E-state index contributed by atoms with van der Waals surface area (Å²) in [6.45, 7) is 0. The first kappa shape index (κ1) is 20.8. The number of fused-ring (bicyclic) bond motifs is 2. The Kier molecular flexibility index (Phi) is 11.9. The molecule has 2 aliphatic heterocycles. The zero-order chi connectivity index (χ0) is 7.84. The van der Waals surface area contributed by atoms with Crippen LogP contribution in [0.3, 0.4) is 0 Å². The summed E-state index contributed by atoms with van der Waals surface area (Å²) in [6, 6.07) is 0. The van der Waals surface area contributed by atoms with Gasteiger partial charge in [0.1, 0.15) is 0 Å². The van der Waals surface area contributed by atoms with E-state index in [0.29, 0.717) is 0 Å². The van der Waals surface area contributed by atoms with Gasteiger partial charge in [-0.05, 0) is 0 Å². The van der Waals surface area contributed by atoms with Gasteiger partial charge in [-0.3, -0.25) is 0 Å². The molecular weight excluding hydrogens is 210 g/mol. The van der Waals surface area contributed by atoms with Crippen LogP contribution in [0, 0.1) is 0 Å². The minimum atomic E-state index is -1.45. The van der Waals surface area contributed by atoms with Crippen LogP contribution < -0.4 is 0 Å². The zero-order valence-electron chi connectivity index (χ0n) is 6.75. The second kappa shape index (κ2) is 8.59. The fraction of sp³-hybridized carbons (Fsp3) is 0. The Morgan fingerprint density at radius 2 is 0.867 bits per heavy atom. The average Bonchev–Trinajstić information content (AvgIpc) is 1.82. The van der Waals surface area contributed by atoms with Gasteiger partial charge in [-0.2, -0.15) is 0 Å². The molecule has 0 spiro atoms. The van der Waals surface area contributed by atoms with Gasteiger partial charge in [-0.25, -0.2) is 0 Å². The third-order valence-electron chi connectivity index (χ3n) is 1.13. The van der Waals surface area contributed by atoms with Gasteiger partial charge in [0, 0.05) is 0 Å². The summed E-state index contributed by atoms with van der Waals surface area (Å²) in [7, 11) is -5.20. The van der Waals surface area contributed by atoms with Crippen LogP contribution in [0.4, 0.5) is 0 Å². The number of hydrogen-bond acceptors (Lipinski definition) is 7. The van der Waals surface area contributed by atoms with E-state index >= 15 is 0 Å². The summed E-state index contributed by atoms with van der Waals surface area (Å²) in [5, 5.41) is 17.5. The van der Waals surface area contributed by atoms with E-state index in [2.05, 4.69) is 22.9 Å². The van der Waals surface area contributed by atoms with Gasteiger partial charge in [0.2, 0.25) is 0 Å². The van der Waals surface area contributed by atoms with Crippen LogP contribution in [0.15, 0.2) is 0 Å². The van der Waals surface area contributed by atoms with E-state index in [1.807, 2.05) is 0 Å². The van der Waals surface area contributed by atoms with Crippen LogP contribution >= 0.6 is 0 Å². The first-order valence-electron chi connectivity index (χ1n) is 2.87. The van der Waals surface area contributed by atoms with Crippen LogP contribution in [0.2, 0.25) is 0 Å². The van der Waals surface area contributed by atoms with E-state index in [1.165, 1.54) is 0 Å². The molecule has 2 fully saturated rings. The monoisotopic (exact) mass is 220 g/mol. The molecule has 0 aromatic rings. The second-order valence-electron chi connectivity index (χ2n) is 1.87. The molecule has 15 heavy (non-hydrogen) atoms. The summed E-state index contributed by atoms with van der Waals surface area (Å²) in [5.74, 6) is 0. The Morgan fingerprint density at radius 1 is 0.600 bits per heavy atom. The summed E-state index contributed by atoms with van der Waals surface area (Å²) in [6.07, 6.45) is 0. The topological polar surface area (TPSA) is 181 Å². The molecule has 2 heterocycles. The molecule has 0 unspecified atom stereocenters. The standard InChI is InChI=1S/B4H2O7.Li.3H2O.H/c5-1-7-3-9-2(6)10-4(8-1)11-3;;;;;/h5-6H;;3*1H2;. The second-order valence-corrected chi connectivity index (χ2v) is 1.87. The van der Waals surface area contributed by atoms with Crippen LogP contribution in [-0.2, 0) is 22.9 Å². The summed E-state index contributed by atoms with van der Waals surface area (Å²) in [4.78, 5) is 0. The van der Waals surface area contributed by atoms with Crippen molar-refractivity contribution in [2.24, 2.45) is 0 Å². The third kappa shape index (κ3) is 5.36. The van der Waals surface area contributed by atoms with Crippen molar-refractivity contribution in [3.8, 4) is 0 Å². The van der Waals surface area contributed by atoms with Crippen molar-refractivity contribution < 1.29 is 49.3 Å². The van der Waals surface area contributed by atoms with Crippen molar-refractivity contribution in [2.45, 2.75) is 0 Å². The molecule has 2 aliphatic rings. The predicted octanol–water partition coefficient (Wildman–Crippen LogP) is -6.10. The predicted molar refractivity (Wildman–Crippen MR) is 50.9 cm³/mol. The average molecular weight is 219 g/mol. The molecular formula is H9B4LiO10. The molecule has 0 amide bonds. The molecule has 0 aliphatic carbocycles. The summed E-state index contributed by atoms with van der Waals surface area (Å²) >= 11 is 0. The fourth-order valence-corrected chi connectivity index (χ4v) is 0.728. The first-order chi connectivity index (χ1) is 5.24. The zero-order valence-corrected chi connectivity index (χ0v) is 6.75. The minimum absolute atomic E-state index is 0. The molecule has 0 saturated carbocycles. The molecule has 8 N–H and O–H groups in total. The first-order valence-corrected chi connectivity index (χ1v) is 2.87. The van der Waals surface area contributed by atoms with Gasteiger partial charge < -0.3 is 49.3 Å². The van der Waals surface area contributed by atoms with E-state index in [1.54, 1.807) is 0 Å². The van der Waals surface area contributed by atoms with E-state index in [9.17, 15) is 0 Å². The van der Waals surface area contributed by atoms with Gasteiger partial charge in [0.15, 0.2) is 0 Å². The van der Waals surface area contributed by atoms with Gasteiger partial charge >= 0.3 is 48.1 Å². The Hall–Kier alpha value is 0.457. The van der Waals surface area contributed by atoms with Gasteiger partial charge in [-0.1, -0.05) is 0 Å². The normalized spacial score (nSPS) is 18.0. The van der Waals surface area contributed by atoms with Crippen LogP contribution in [-0.4, -0.2) is 74.6 Å². The molecule has 82 valence electrons. The molecule has 0 atom stereocenters. The Bertz CT molecular complexity index is 123. The molecule has 2 bridgehead atoms. The van der Waals surface area contributed by atoms with Crippen LogP contribution in [0.25, 0.3) is 0 Å². The van der Waals surface area contributed by atoms with Gasteiger partial charge in [0.25, 0.3) is 0 Å². The molecule has 0 aromatic heterocycles. The van der Waals surface area contributed by atoms with E-state index < -0.39 is 29.3 Å². The third-order valence-corrected chi connectivity index (χ3v) is 1.13. The van der Waals surface area contributed by atoms with Crippen molar-refractivity contribution in [3.63, 3.8) is 0 Å². The number of rotatable bonds is 0. The SMILES string of the molecule is O.O.O.OB1OB2OB(O)OB(O1)O2.[LiH]. The Labute approximate surface area is 98.0 Å². The van der Waals surface area contributed by atoms with Crippen molar-refractivity contribution in [1.82, 2.24) is 0 Å². The van der Waals surface area contributed by atoms with Crippen LogP contribution in [0.1, 0.15) is 0 Å². The Balaban J connectivity index is -0.000000360. The molecule has 15 heteroatoms. The van der Waals surface area contributed by atoms with Crippen molar-refractivity contribution in [3.05, 3.63) is 0 Å². The molecule has 0 aromatic carbocycles. The maximum atomic E-state index is 8.74. The fourth-order valence-electron chi connectivity index (χ4n) is 0.728. The van der Waals surface area contributed by atoms with E-state index in [0.717, 1.165) is 0 Å². The summed E-state index contributed by atoms with van der Waals surface area (Å²) < 4.78 is 22.6. The van der Waals surface area contributed by atoms with Crippen molar-refractivity contribution >= 4 is 48.1 Å². The van der Waals surface area contributed by atoms with Gasteiger partial charge in [-0.15, -0.1) is 0 Å². The Morgan fingerprint density at radius 3 is 1.13 bits per heavy atom.